The van der Waals surface area contributed by atoms with E-state index in [0.717, 1.165) is 18.3 Å². The van der Waals surface area contributed by atoms with Crippen molar-refractivity contribution in [3.8, 4) is 0 Å². The molecule has 1 nitrogen and oxygen atoms in total. The van der Waals surface area contributed by atoms with Gasteiger partial charge in [0.15, 0.2) is 0 Å². The molecule has 2 saturated carbocycles. The summed E-state index contributed by atoms with van der Waals surface area (Å²) in [7, 11) is 0. The van der Waals surface area contributed by atoms with Gasteiger partial charge in [-0.3, -0.25) is 0 Å². The lowest BCUT2D eigenvalue weighted by molar-refractivity contribution is -0.0354. The minimum absolute atomic E-state index is 0.301. The molecule has 0 aromatic heterocycles. The van der Waals surface area contributed by atoms with Crippen LogP contribution in [0.15, 0.2) is 0 Å². The third-order valence-corrected chi connectivity index (χ3v) is 6.30. The van der Waals surface area contributed by atoms with Crippen molar-refractivity contribution in [1.82, 2.24) is 0 Å². The van der Waals surface area contributed by atoms with E-state index < -0.39 is 0 Å². The van der Waals surface area contributed by atoms with Crippen LogP contribution in [0.3, 0.4) is 0 Å². The topological polar surface area (TPSA) is 20.2 Å². The Morgan fingerprint density at radius 2 is 2.14 bits per heavy atom. The second kappa shape index (κ2) is 3.15. The number of rotatable bonds is 1. The van der Waals surface area contributed by atoms with Crippen molar-refractivity contribution >= 4 is 11.8 Å². The lowest BCUT2D eigenvalue weighted by Gasteiger charge is -2.38. The molecule has 1 aliphatic heterocycles. The molecular weight excluding hydrogens is 192 g/mol. The molecule has 1 saturated heterocycles. The number of thioether (sulfide) groups is 1. The standard InChI is InChI=1S/C12H20OS/c1-8-12(13,4-5-14-8)11-7-9-2-3-10(11)6-9/h8-11,13H,2-7H2,1H3. The monoisotopic (exact) mass is 212 g/mol. The molecule has 1 heterocycles. The van der Waals surface area contributed by atoms with Gasteiger partial charge < -0.3 is 5.11 Å². The quantitative estimate of drug-likeness (QED) is 0.721. The lowest BCUT2D eigenvalue weighted by atomic mass is 9.73. The molecule has 0 aromatic carbocycles. The van der Waals surface area contributed by atoms with Crippen molar-refractivity contribution < 1.29 is 5.11 Å². The SMILES string of the molecule is CC1SCCC1(O)C1CC2CCC1C2. The van der Waals surface area contributed by atoms with Crippen molar-refractivity contribution in [2.45, 2.75) is 49.9 Å². The fourth-order valence-corrected chi connectivity index (χ4v) is 5.47. The van der Waals surface area contributed by atoms with Crippen LogP contribution in [-0.4, -0.2) is 21.7 Å². The van der Waals surface area contributed by atoms with E-state index in [0.29, 0.717) is 11.2 Å². The summed E-state index contributed by atoms with van der Waals surface area (Å²) < 4.78 is 0. The second-order valence-electron chi connectivity index (χ2n) is 5.54. The van der Waals surface area contributed by atoms with Crippen LogP contribution in [0.1, 0.15) is 39.0 Å². The van der Waals surface area contributed by atoms with Gasteiger partial charge in [-0.05, 0) is 49.2 Å². The van der Waals surface area contributed by atoms with E-state index in [4.69, 9.17) is 0 Å². The van der Waals surface area contributed by atoms with Crippen molar-refractivity contribution in [3.05, 3.63) is 0 Å². The summed E-state index contributed by atoms with van der Waals surface area (Å²) in [6, 6.07) is 0. The maximum atomic E-state index is 10.8. The fraction of sp³-hybridized carbons (Fsp3) is 1.00. The Balaban J connectivity index is 1.81. The van der Waals surface area contributed by atoms with Crippen LogP contribution >= 0.6 is 11.8 Å². The molecule has 2 heteroatoms. The van der Waals surface area contributed by atoms with Crippen LogP contribution in [0.5, 0.6) is 0 Å². The van der Waals surface area contributed by atoms with E-state index in [-0.39, 0.29) is 5.60 Å². The Labute approximate surface area is 90.7 Å². The molecule has 2 aliphatic carbocycles. The van der Waals surface area contributed by atoms with Crippen LogP contribution < -0.4 is 0 Å². The molecule has 80 valence electrons. The molecule has 0 radical (unpaired) electrons. The van der Waals surface area contributed by atoms with Crippen molar-refractivity contribution in [3.63, 3.8) is 0 Å². The van der Waals surface area contributed by atoms with Crippen LogP contribution in [0, 0.1) is 17.8 Å². The van der Waals surface area contributed by atoms with Gasteiger partial charge in [-0.15, -0.1) is 0 Å². The van der Waals surface area contributed by atoms with Gasteiger partial charge in [0, 0.05) is 5.25 Å². The van der Waals surface area contributed by atoms with Gasteiger partial charge in [0.1, 0.15) is 0 Å². The van der Waals surface area contributed by atoms with Gasteiger partial charge >= 0.3 is 0 Å². The average Bonchev–Trinajstić information content (AvgIpc) is 2.83. The average molecular weight is 212 g/mol. The van der Waals surface area contributed by atoms with E-state index >= 15 is 0 Å². The molecule has 14 heavy (non-hydrogen) atoms. The Morgan fingerprint density at radius 1 is 1.29 bits per heavy atom. The van der Waals surface area contributed by atoms with Crippen molar-refractivity contribution in [2.24, 2.45) is 17.8 Å². The molecule has 5 unspecified atom stereocenters. The summed E-state index contributed by atoms with van der Waals surface area (Å²) in [5.41, 5.74) is -0.301. The Bertz CT molecular complexity index is 242. The van der Waals surface area contributed by atoms with Gasteiger partial charge in [0.05, 0.1) is 5.60 Å². The number of hydrogen-bond donors (Lipinski definition) is 1. The number of aliphatic hydroxyl groups is 1. The molecule has 0 amide bonds. The largest absolute Gasteiger partial charge is 0.388 e. The second-order valence-corrected chi connectivity index (χ2v) is 6.98. The first-order valence-corrected chi connectivity index (χ1v) is 7.09. The zero-order valence-corrected chi connectivity index (χ0v) is 9.72. The van der Waals surface area contributed by atoms with Gasteiger partial charge in [-0.25, -0.2) is 0 Å². The van der Waals surface area contributed by atoms with Crippen molar-refractivity contribution in [1.29, 1.82) is 0 Å². The highest BCUT2D eigenvalue weighted by Gasteiger charge is 2.53. The molecule has 3 rings (SSSR count). The van der Waals surface area contributed by atoms with Crippen LogP contribution in [0.25, 0.3) is 0 Å². The zero-order chi connectivity index (χ0) is 9.76. The zero-order valence-electron chi connectivity index (χ0n) is 8.91. The summed E-state index contributed by atoms with van der Waals surface area (Å²) in [6.45, 7) is 2.23. The molecule has 1 N–H and O–H groups in total. The normalized spacial score (nSPS) is 57.0. The van der Waals surface area contributed by atoms with Gasteiger partial charge in [-0.2, -0.15) is 11.8 Å². The van der Waals surface area contributed by atoms with E-state index in [1.54, 1.807) is 0 Å². The van der Waals surface area contributed by atoms with E-state index in [9.17, 15) is 5.11 Å². The lowest BCUT2D eigenvalue weighted by Crippen LogP contribution is -2.45. The highest BCUT2D eigenvalue weighted by atomic mass is 32.2. The Kier molecular flexibility index (Phi) is 2.14. The maximum absolute atomic E-state index is 10.8. The Hall–Kier alpha value is 0.310. The highest BCUT2D eigenvalue weighted by Crippen LogP contribution is 2.56. The Morgan fingerprint density at radius 3 is 2.64 bits per heavy atom. The van der Waals surface area contributed by atoms with E-state index in [1.807, 2.05) is 11.8 Å². The number of hydrogen-bond acceptors (Lipinski definition) is 2. The van der Waals surface area contributed by atoms with Gasteiger partial charge in [-0.1, -0.05) is 13.3 Å². The third kappa shape index (κ3) is 1.19. The van der Waals surface area contributed by atoms with Crippen LogP contribution in [0.2, 0.25) is 0 Å². The summed E-state index contributed by atoms with van der Waals surface area (Å²) in [5.74, 6) is 3.65. The highest BCUT2D eigenvalue weighted by molar-refractivity contribution is 8.00. The van der Waals surface area contributed by atoms with Crippen LogP contribution in [0.4, 0.5) is 0 Å². The van der Waals surface area contributed by atoms with Crippen LogP contribution in [-0.2, 0) is 0 Å². The summed E-state index contributed by atoms with van der Waals surface area (Å²) in [6.07, 6.45) is 6.64. The molecular formula is C12H20OS. The first-order chi connectivity index (χ1) is 6.70. The van der Waals surface area contributed by atoms with E-state index in [2.05, 4.69) is 6.92 Å². The summed E-state index contributed by atoms with van der Waals surface area (Å²) in [4.78, 5) is 0. The predicted molar refractivity (Wildman–Crippen MR) is 60.4 cm³/mol. The first kappa shape index (κ1) is 9.53. The predicted octanol–water partition coefficient (Wildman–Crippen LogP) is 2.68. The molecule has 0 aromatic rings. The molecule has 5 atom stereocenters. The molecule has 3 aliphatic rings. The summed E-state index contributed by atoms with van der Waals surface area (Å²) in [5, 5.41) is 11.2. The van der Waals surface area contributed by atoms with Gasteiger partial charge in [0.2, 0.25) is 0 Å². The molecule has 2 bridgehead atoms. The minimum atomic E-state index is -0.301. The first-order valence-electron chi connectivity index (χ1n) is 6.04. The number of fused-ring (bicyclic) bond motifs is 2. The fourth-order valence-electron chi connectivity index (χ4n) is 4.09. The molecule has 0 spiro atoms. The molecule has 3 fully saturated rings. The smallest absolute Gasteiger partial charge is 0.0801 e. The third-order valence-electron chi connectivity index (χ3n) is 4.95. The maximum Gasteiger partial charge on any atom is 0.0801 e. The minimum Gasteiger partial charge on any atom is -0.388 e. The van der Waals surface area contributed by atoms with E-state index in [1.165, 1.54) is 31.4 Å². The van der Waals surface area contributed by atoms with Gasteiger partial charge in [0.25, 0.3) is 0 Å². The summed E-state index contributed by atoms with van der Waals surface area (Å²) >= 11 is 1.97. The van der Waals surface area contributed by atoms with Crippen molar-refractivity contribution in [2.75, 3.05) is 5.75 Å².